The molecule has 1 amide bonds. The van der Waals surface area contributed by atoms with Crippen molar-refractivity contribution in [3.8, 4) is 0 Å². The van der Waals surface area contributed by atoms with Gasteiger partial charge in [0.05, 0.1) is 6.20 Å². The Hall–Kier alpha value is -2.31. The van der Waals surface area contributed by atoms with Gasteiger partial charge >= 0.3 is 0 Å². The maximum Gasteiger partial charge on any atom is 0.254 e. The van der Waals surface area contributed by atoms with Gasteiger partial charge < -0.3 is 11.1 Å². The molecule has 1 atom stereocenters. The SMILES string of the molecule is CC1(C)CC(=O)C2=C(C1)Nc1c(C(N)=O)cnn1C2c1c(Cl)cccc1Cl. The number of carbonyl (C=O) groups is 2. The summed E-state index contributed by atoms with van der Waals surface area (Å²) in [5.74, 6) is -0.137. The Morgan fingerprint density at radius 1 is 1.30 bits per heavy atom. The molecule has 2 aromatic rings. The second-order valence-corrected chi connectivity index (χ2v) is 8.53. The molecule has 0 radical (unpaired) electrons. The monoisotopic (exact) mass is 404 g/mol. The van der Waals surface area contributed by atoms with Crippen LogP contribution in [-0.2, 0) is 4.79 Å². The molecule has 4 rings (SSSR count). The molecular weight excluding hydrogens is 387 g/mol. The summed E-state index contributed by atoms with van der Waals surface area (Å²) in [4.78, 5) is 24.9. The van der Waals surface area contributed by atoms with Crippen LogP contribution >= 0.6 is 23.2 Å². The predicted octanol–water partition coefficient (Wildman–Crippen LogP) is 3.95. The lowest BCUT2D eigenvalue weighted by atomic mass is 9.73. The number of hydrogen-bond acceptors (Lipinski definition) is 4. The number of hydrogen-bond donors (Lipinski definition) is 2. The number of nitrogens with one attached hydrogen (secondary N) is 1. The second kappa shape index (κ2) is 6.11. The molecule has 2 aliphatic rings. The van der Waals surface area contributed by atoms with Crippen molar-refractivity contribution in [3.05, 3.63) is 56.8 Å². The van der Waals surface area contributed by atoms with E-state index in [-0.39, 0.29) is 16.8 Å². The van der Waals surface area contributed by atoms with Crippen LogP contribution in [0.1, 0.15) is 48.7 Å². The fourth-order valence-corrected chi connectivity index (χ4v) is 4.53. The summed E-state index contributed by atoms with van der Waals surface area (Å²) < 4.78 is 1.57. The Balaban J connectivity index is 2.01. The molecule has 140 valence electrons. The molecule has 3 N–H and O–H groups in total. The van der Waals surface area contributed by atoms with E-state index in [1.165, 1.54) is 6.20 Å². The van der Waals surface area contributed by atoms with Gasteiger partial charge in [0, 0.05) is 33.3 Å². The van der Waals surface area contributed by atoms with Gasteiger partial charge in [-0.25, -0.2) is 4.68 Å². The predicted molar refractivity (Wildman–Crippen MR) is 104 cm³/mol. The number of halogens is 2. The summed E-state index contributed by atoms with van der Waals surface area (Å²) in [7, 11) is 0. The van der Waals surface area contributed by atoms with Crippen molar-refractivity contribution in [3.63, 3.8) is 0 Å². The van der Waals surface area contributed by atoms with Gasteiger partial charge in [-0.1, -0.05) is 43.1 Å². The first-order valence-electron chi connectivity index (χ1n) is 8.54. The Morgan fingerprint density at radius 3 is 2.59 bits per heavy atom. The molecule has 0 fully saturated rings. The zero-order valence-corrected chi connectivity index (χ0v) is 16.4. The van der Waals surface area contributed by atoms with E-state index in [9.17, 15) is 9.59 Å². The summed E-state index contributed by atoms with van der Waals surface area (Å²) in [6, 6.07) is 4.57. The number of primary amides is 1. The van der Waals surface area contributed by atoms with Gasteiger partial charge in [-0.05, 0) is 24.0 Å². The number of rotatable bonds is 2. The average molecular weight is 405 g/mol. The second-order valence-electron chi connectivity index (χ2n) is 7.71. The molecule has 2 heterocycles. The van der Waals surface area contributed by atoms with E-state index < -0.39 is 11.9 Å². The number of allylic oxidation sites excluding steroid dienone is 2. The maximum absolute atomic E-state index is 13.1. The topological polar surface area (TPSA) is 90.0 Å². The van der Waals surface area contributed by atoms with Crippen LogP contribution in [0.2, 0.25) is 10.0 Å². The third kappa shape index (κ3) is 2.84. The lowest BCUT2D eigenvalue weighted by molar-refractivity contribution is -0.118. The van der Waals surface area contributed by atoms with Crippen molar-refractivity contribution in [2.24, 2.45) is 11.1 Å². The number of carbonyl (C=O) groups excluding carboxylic acids is 2. The van der Waals surface area contributed by atoms with Crippen molar-refractivity contribution in [2.75, 3.05) is 5.32 Å². The largest absolute Gasteiger partial charge is 0.365 e. The third-order valence-electron chi connectivity index (χ3n) is 5.04. The Labute approximate surface area is 166 Å². The minimum absolute atomic E-state index is 0.0107. The van der Waals surface area contributed by atoms with Crippen molar-refractivity contribution >= 4 is 40.7 Å². The maximum atomic E-state index is 13.1. The highest BCUT2D eigenvalue weighted by Crippen LogP contribution is 2.48. The molecule has 0 spiro atoms. The number of nitrogens with zero attached hydrogens (tertiary/aromatic N) is 2. The normalized spacial score (nSPS) is 20.7. The van der Waals surface area contributed by atoms with E-state index in [0.717, 1.165) is 5.70 Å². The van der Waals surface area contributed by atoms with Gasteiger partial charge in [-0.3, -0.25) is 9.59 Å². The van der Waals surface area contributed by atoms with Crippen LogP contribution in [0.3, 0.4) is 0 Å². The Kier molecular flexibility index (Phi) is 4.09. The highest BCUT2D eigenvalue weighted by molar-refractivity contribution is 6.36. The van der Waals surface area contributed by atoms with Crippen LogP contribution < -0.4 is 11.1 Å². The fourth-order valence-electron chi connectivity index (χ4n) is 3.93. The van der Waals surface area contributed by atoms with Crippen molar-refractivity contribution in [1.29, 1.82) is 0 Å². The lowest BCUT2D eigenvalue weighted by Crippen LogP contribution is -2.37. The highest BCUT2D eigenvalue weighted by Gasteiger charge is 2.43. The summed E-state index contributed by atoms with van der Waals surface area (Å²) in [5.41, 5.74) is 7.48. The lowest BCUT2D eigenvalue weighted by Gasteiger charge is -2.39. The first kappa shape index (κ1) is 18.1. The summed E-state index contributed by atoms with van der Waals surface area (Å²) in [6.45, 7) is 4.07. The smallest absolute Gasteiger partial charge is 0.254 e. The van der Waals surface area contributed by atoms with Crippen molar-refractivity contribution in [2.45, 2.75) is 32.7 Å². The highest BCUT2D eigenvalue weighted by atomic mass is 35.5. The quantitative estimate of drug-likeness (QED) is 0.792. The number of amides is 1. The van der Waals surface area contributed by atoms with Crippen LogP contribution in [0, 0.1) is 5.41 Å². The van der Waals surface area contributed by atoms with E-state index in [0.29, 0.717) is 39.8 Å². The van der Waals surface area contributed by atoms with Gasteiger partial charge in [-0.15, -0.1) is 0 Å². The fraction of sp³-hybridized carbons (Fsp3) is 0.316. The number of aromatic nitrogens is 2. The first-order chi connectivity index (χ1) is 12.7. The molecule has 0 saturated heterocycles. The van der Waals surface area contributed by atoms with E-state index in [2.05, 4.69) is 10.4 Å². The molecule has 27 heavy (non-hydrogen) atoms. The van der Waals surface area contributed by atoms with E-state index in [4.69, 9.17) is 28.9 Å². The van der Waals surface area contributed by atoms with E-state index >= 15 is 0 Å². The van der Waals surface area contributed by atoms with Crippen LogP contribution in [0.25, 0.3) is 0 Å². The van der Waals surface area contributed by atoms with Crippen molar-refractivity contribution < 1.29 is 9.59 Å². The number of Topliss-reactive ketones (excluding diaryl/α,β-unsaturated/α-hetero) is 1. The summed E-state index contributed by atoms with van der Waals surface area (Å²) >= 11 is 12.9. The number of nitrogens with two attached hydrogens (primary N) is 1. The number of anilines is 1. The molecule has 0 saturated carbocycles. The average Bonchev–Trinajstić information content (AvgIpc) is 2.96. The molecule has 1 aliphatic carbocycles. The number of benzene rings is 1. The molecule has 0 bridgehead atoms. The molecular formula is C19H18Cl2N4O2. The Bertz CT molecular complexity index is 1000. The molecule has 6 nitrogen and oxygen atoms in total. The Morgan fingerprint density at radius 2 is 1.96 bits per heavy atom. The zero-order valence-electron chi connectivity index (χ0n) is 14.8. The van der Waals surface area contributed by atoms with Crippen LogP contribution in [0.5, 0.6) is 0 Å². The van der Waals surface area contributed by atoms with E-state index in [1.807, 2.05) is 13.8 Å². The summed E-state index contributed by atoms with van der Waals surface area (Å²) in [5, 5.41) is 8.42. The van der Waals surface area contributed by atoms with Gasteiger partial charge in [-0.2, -0.15) is 5.10 Å². The minimum atomic E-state index is -0.617. The van der Waals surface area contributed by atoms with Gasteiger partial charge in [0.25, 0.3) is 5.91 Å². The van der Waals surface area contributed by atoms with Gasteiger partial charge in [0.15, 0.2) is 5.78 Å². The molecule has 1 aliphatic heterocycles. The zero-order chi connectivity index (χ0) is 19.5. The van der Waals surface area contributed by atoms with Crippen LogP contribution in [0.15, 0.2) is 35.7 Å². The number of ketones is 1. The first-order valence-corrected chi connectivity index (χ1v) is 9.30. The standard InChI is InChI=1S/C19H18Cl2N4O2/c1-19(2)6-12-15(13(26)7-19)16(14-10(20)4-3-5-11(14)21)25-18(24-12)9(8-23-25)17(22)27/h3-5,8,16,24H,6-7H2,1-2H3,(H2,22,27). The molecule has 1 unspecified atom stereocenters. The minimum Gasteiger partial charge on any atom is -0.365 e. The molecule has 8 heteroatoms. The van der Waals surface area contributed by atoms with E-state index in [1.54, 1.807) is 22.9 Å². The molecule has 1 aromatic heterocycles. The van der Waals surface area contributed by atoms with Crippen molar-refractivity contribution in [1.82, 2.24) is 9.78 Å². The molecule has 1 aromatic carbocycles. The van der Waals surface area contributed by atoms with Crippen LogP contribution in [0.4, 0.5) is 5.82 Å². The summed E-state index contributed by atoms with van der Waals surface area (Å²) in [6.07, 6.45) is 2.46. The number of fused-ring (bicyclic) bond motifs is 1. The van der Waals surface area contributed by atoms with Crippen LogP contribution in [-0.4, -0.2) is 21.5 Å². The van der Waals surface area contributed by atoms with Gasteiger partial charge in [0.2, 0.25) is 0 Å². The van der Waals surface area contributed by atoms with Gasteiger partial charge in [0.1, 0.15) is 17.4 Å². The third-order valence-corrected chi connectivity index (χ3v) is 5.70.